The van der Waals surface area contributed by atoms with Crippen LogP contribution in [0.4, 0.5) is 10.5 Å². The van der Waals surface area contributed by atoms with Crippen molar-refractivity contribution >= 4 is 17.6 Å². The van der Waals surface area contributed by atoms with E-state index in [1.54, 1.807) is 41.1 Å². The topological polar surface area (TPSA) is 78.7 Å². The fraction of sp³-hybridized carbons (Fsp3) is 0.500. The molecule has 1 aliphatic rings. The van der Waals surface area contributed by atoms with Gasteiger partial charge < -0.3 is 16.0 Å². The summed E-state index contributed by atoms with van der Waals surface area (Å²) >= 11 is 0. The van der Waals surface area contributed by atoms with Gasteiger partial charge in [-0.2, -0.15) is 0 Å². The fourth-order valence-corrected chi connectivity index (χ4v) is 2.50. The van der Waals surface area contributed by atoms with Gasteiger partial charge in [-0.25, -0.2) is 4.79 Å². The van der Waals surface area contributed by atoms with Crippen molar-refractivity contribution in [1.29, 1.82) is 0 Å². The van der Waals surface area contributed by atoms with E-state index in [0.717, 1.165) is 5.69 Å². The second kappa shape index (κ2) is 6.36. The highest BCUT2D eigenvalue weighted by molar-refractivity contribution is 5.96. The first-order chi connectivity index (χ1) is 10.3. The molecular formula is C16H24N4O2. The van der Waals surface area contributed by atoms with Crippen molar-refractivity contribution in [2.45, 2.75) is 13.8 Å². The van der Waals surface area contributed by atoms with Crippen LogP contribution in [0.3, 0.4) is 0 Å². The third kappa shape index (κ3) is 3.57. The van der Waals surface area contributed by atoms with Gasteiger partial charge in [0.15, 0.2) is 0 Å². The molecule has 22 heavy (non-hydrogen) atoms. The Morgan fingerprint density at radius 1 is 1.36 bits per heavy atom. The molecule has 0 radical (unpaired) electrons. The number of nitrogens with two attached hydrogens (primary N) is 1. The van der Waals surface area contributed by atoms with Crippen LogP contribution < -0.4 is 16.0 Å². The quantitative estimate of drug-likeness (QED) is 0.860. The summed E-state index contributed by atoms with van der Waals surface area (Å²) < 4.78 is 0. The Hall–Kier alpha value is -2.08. The first kappa shape index (κ1) is 16.3. The van der Waals surface area contributed by atoms with E-state index in [1.165, 1.54) is 0 Å². The first-order valence-electron chi connectivity index (χ1n) is 7.45. The molecule has 1 aromatic rings. The van der Waals surface area contributed by atoms with E-state index in [4.69, 9.17) is 5.73 Å². The van der Waals surface area contributed by atoms with Crippen LogP contribution >= 0.6 is 0 Å². The number of urea groups is 1. The van der Waals surface area contributed by atoms with Gasteiger partial charge in [0.1, 0.15) is 0 Å². The zero-order chi connectivity index (χ0) is 16.3. The van der Waals surface area contributed by atoms with Crippen molar-refractivity contribution < 1.29 is 9.59 Å². The van der Waals surface area contributed by atoms with Gasteiger partial charge in [-0.1, -0.05) is 13.8 Å². The van der Waals surface area contributed by atoms with E-state index in [-0.39, 0.29) is 17.4 Å². The lowest BCUT2D eigenvalue weighted by atomic mass is 9.93. The number of benzene rings is 1. The molecule has 6 heteroatoms. The Morgan fingerprint density at radius 2 is 2.00 bits per heavy atom. The van der Waals surface area contributed by atoms with Crippen LogP contribution in [0.1, 0.15) is 24.2 Å². The van der Waals surface area contributed by atoms with Gasteiger partial charge in [0.25, 0.3) is 5.91 Å². The SMILES string of the molecule is CN(CC(C)(C)CN)C(=O)c1ccc(N2CCNC2=O)cc1. The van der Waals surface area contributed by atoms with Crippen molar-refractivity contribution in [2.24, 2.45) is 11.1 Å². The monoisotopic (exact) mass is 304 g/mol. The molecule has 3 N–H and O–H groups in total. The van der Waals surface area contributed by atoms with Crippen molar-refractivity contribution in [1.82, 2.24) is 10.2 Å². The molecule has 0 aliphatic carbocycles. The van der Waals surface area contributed by atoms with Gasteiger partial charge >= 0.3 is 6.03 Å². The minimum absolute atomic E-state index is 0.0426. The molecule has 6 nitrogen and oxygen atoms in total. The molecule has 2 rings (SSSR count). The Bertz CT molecular complexity index is 554. The zero-order valence-corrected chi connectivity index (χ0v) is 13.4. The smallest absolute Gasteiger partial charge is 0.321 e. The van der Waals surface area contributed by atoms with E-state index in [2.05, 4.69) is 5.32 Å². The highest BCUT2D eigenvalue weighted by Gasteiger charge is 2.23. The van der Waals surface area contributed by atoms with Gasteiger partial charge in [-0.15, -0.1) is 0 Å². The third-order valence-corrected chi connectivity index (χ3v) is 3.85. The van der Waals surface area contributed by atoms with Crippen LogP contribution in [0.2, 0.25) is 0 Å². The second-order valence-electron chi connectivity index (χ2n) is 6.46. The lowest BCUT2D eigenvalue weighted by molar-refractivity contribution is 0.0740. The summed E-state index contributed by atoms with van der Waals surface area (Å²) in [6.45, 7) is 6.48. The number of nitrogens with zero attached hydrogens (tertiary/aromatic N) is 2. The molecule has 1 aliphatic heterocycles. The average Bonchev–Trinajstić information content (AvgIpc) is 2.92. The lowest BCUT2D eigenvalue weighted by Gasteiger charge is -2.29. The molecule has 0 aromatic heterocycles. The number of amides is 3. The third-order valence-electron chi connectivity index (χ3n) is 3.85. The molecule has 0 saturated carbocycles. The van der Waals surface area contributed by atoms with Crippen molar-refractivity contribution in [3.05, 3.63) is 29.8 Å². The molecule has 0 bridgehead atoms. The fourth-order valence-electron chi connectivity index (χ4n) is 2.50. The Labute approximate surface area is 131 Å². The van der Waals surface area contributed by atoms with Crippen LogP contribution in [0, 0.1) is 5.41 Å². The van der Waals surface area contributed by atoms with Crippen LogP contribution in [0.15, 0.2) is 24.3 Å². The minimum atomic E-state index is -0.113. The van der Waals surface area contributed by atoms with Crippen molar-refractivity contribution in [3.8, 4) is 0 Å². The van der Waals surface area contributed by atoms with E-state index < -0.39 is 0 Å². The van der Waals surface area contributed by atoms with Gasteiger partial charge in [-0.05, 0) is 36.2 Å². The maximum absolute atomic E-state index is 12.4. The molecular weight excluding hydrogens is 280 g/mol. The number of rotatable bonds is 5. The number of carbonyl (C=O) groups excluding carboxylic acids is 2. The van der Waals surface area contributed by atoms with Gasteiger partial charge in [0, 0.05) is 37.9 Å². The molecule has 1 heterocycles. The summed E-state index contributed by atoms with van der Waals surface area (Å²) in [7, 11) is 1.78. The molecule has 3 amide bonds. The lowest BCUT2D eigenvalue weighted by Crippen LogP contribution is -2.39. The van der Waals surface area contributed by atoms with Crippen LogP contribution in [-0.4, -0.2) is 50.1 Å². The molecule has 0 unspecified atom stereocenters. The van der Waals surface area contributed by atoms with Crippen LogP contribution in [-0.2, 0) is 0 Å². The van der Waals surface area contributed by atoms with Crippen molar-refractivity contribution in [3.63, 3.8) is 0 Å². The van der Waals surface area contributed by atoms with Crippen LogP contribution in [0.25, 0.3) is 0 Å². The Kier molecular flexibility index (Phi) is 4.71. The summed E-state index contributed by atoms with van der Waals surface area (Å²) in [5.41, 5.74) is 7.01. The second-order valence-corrected chi connectivity index (χ2v) is 6.46. The van der Waals surface area contributed by atoms with Gasteiger partial charge in [0.2, 0.25) is 0 Å². The summed E-state index contributed by atoms with van der Waals surface area (Å²) in [6, 6.07) is 7.03. The predicted molar refractivity (Wildman–Crippen MR) is 87.0 cm³/mol. The Morgan fingerprint density at radius 3 is 2.50 bits per heavy atom. The molecule has 1 saturated heterocycles. The summed E-state index contributed by atoms with van der Waals surface area (Å²) in [4.78, 5) is 27.4. The van der Waals surface area contributed by atoms with E-state index >= 15 is 0 Å². The highest BCUT2D eigenvalue weighted by atomic mass is 16.2. The summed E-state index contributed by atoms with van der Waals surface area (Å²) in [5, 5.41) is 2.76. The first-order valence-corrected chi connectivity index (χ1v) is 7.45. The molecule has 1 fully saturated rings. The summed E-state index contributed by atoms with van der Waals surface area (Å²) in [5.74, 6) is -0.0426. The van der Waals surface area contributed by atoms with Crippen molar-refractivity contribution in [2.75, 3.05) is 38.1 Å². The average molecular weight is 304 g/mol. The minimum Gasteiger partial charge on any atom is -0.341 e. The molecule has 0 atom stereocenters. The molecule has 120 valence electrons. The molecule has 1 aromatic carbocycles. The number of hydrogen-bond donors (Lipinski definition) is 2. The number of carbonyl (C=O) groups is 2. The van der Waals surface area contributed by atoms with Crippen LogP contribution in [0.5, 0.6) is 0 Å². The molecule has 0 spiro atoms. The number of hydrogen-bond acceptors (Lipinski definition) is 3. The zero-order valence-electron chi connectivity index (χ0n) is 13.4. The largest absolute Gasteiger partial charge is 0.341 e. The highest BCUT2D eigenvalue weighted by Crippen LogP contribution is 2.19. The standard InChI is InChI=1S/C16H24N4O2/c1-16(2,10-17)11-19(3)14(21)12-4-6-13(7-5-12)20-9-8-18-15(20)22/h4-7H,8-11,17H2,1-3H3,(H,18,22). The number of nitrogens with one attached hydrogen (secondary N) is 1. The van der Waals surface area contributed by atoms with E-state index in [1.807, 2.05) is 13.8 Å². The summed E-state index contributed by atoms with van der Waals surface area (Å²) in [6.07, 6.45) is 0. The Balaban J connectivity index is 2.06. The number of anilines is 1. The predicted octanol–water partition coefficient (Wildman–Crippen LogP) is 1.27. The van der Waals surface area contributed by atoms with Gasteiger partial charge in [-0.3, -0.25) is 9.69 Å². The van der Waals surface area contributed by atoms with E-state index in [0.29, 0.717) is 31.7 Å². The van der Waals surface area contributed by atoms with E-state index in [9.17, 15) is 9.59 Å². The normalized spacial score (nSPS) is 14.9. The maximum Gasteiger partial charge on any atom is 0.321 e. The maximum atomic E-state index is 12.4. The van der Waals surface area contributed by atoms with Gasteiger partial charge in [0.05, 0.1) is 0 Å².